The molecule has 0 saturated heterocycles. The first-order valence-corrected chi connectivity index (χ1v) is 12.8. The van der Waals surface area contributed by atoms with E-state index in [-0.39, 0.29) is 0 Å². The first-order chi connectivity index (χ1) is 17.9. The Morgan fingerprint density at radius 1 is 0.615 bits per heavy atom. The molecular formula is C31H32BF6N. The second-order valence-corrected chi connectivity index (χ2v) is 12.4. The highest BCUT2D eigenvalue weighted by molar-refractivity contribution is 7.14. The van der Waals surface area contributed by atoms with E-state index in [0.717, 1.165) is 0 Å². The molecule has 0 saturated carbocycles. The van der Waals surface area contributed by atoms with Gasteiger partial charge in [-0.3, -0.25) is 0 Å². The summed E-state index contributed by atoms with van der Waals surface area (Å²) in [6, 6.07) is 14.2. The summed E-state index contributed by atoms with van der Waals surface area (Å²) in [4.78, 5) is 0. The average Bonchev–Trinajstić information content (AvgIpc) is 3.05. The fourth-order valence-corrected chi connectivity index (χ4v) is 5.76. The SMILES string of the molecule is CC(C)(C)/C=C1\c2ccccc2/C(=C\C(C)(C)C)[B-]1(c1cc(C(F)(F)F)ccc1C(F)(F)F)[n+]1ccccc1. The van der Waals surface area contributed by atoms with Crippen molar-refractivity contribution in [3.05, 3.63) is 107 Å². The summed E-state index contributed by atoms with van der Waals surface area (Å²) in [5.41, 5.74) is -1.05. The Hall–Kier alpha value is -3.29. The quantitative estimate of drug-likeness (QED) is 0.226. The van der Waals surface area contributed by atoms with Crippen LogP contribution in [0.25, 0.3) is 10.9 Å². The number of fused-ring (bicyclic) bond motifs is 1. The van der Waals surface area contributed by atoms with E-state index in [1.54, 1.807) is 35.1 Å². The van der Waals surface area contributed by atoms with Gasteiger partial charge < -0.3 is 4.48 Å². The lowest BCUT2D eigenvalue weighted by Crippen LogP contribution is -2.73. The van der Waals surface area contributed by atoms with Crippen molar-refractivity contribution in [2.45, 2.75) is 53.9 Å². The monoisotopic (exact) mass is 543 g/mol. The molecule has 206 valence electrons. The summed E-state index contributed by atoms with van der Waals surface area (Å²) in [6.07, 6.45) is -5.35. The molecule has 0 unspecified atom stereocenters. The Labute approximate surface area is 225 Å². The number of rotatable bonds is 2. The van der Waals surface area contributed by atoms with Gasteiger partial charge in [0.2, 0.25) is 0 Å². The van der Waals surface area contributed by atoms with Crippen LogP contribution in [0, 0.1) is 10.8 Å². The smallest absolute Gasteiger partial charge is 0.415 e. The lowest BCUT2D eigenvalue weighted by molar-refractivity contribution is -0.538. The number of allylic oxidation sites excluding steroid dienone is 2. The van der Waals surface area contributed by atoms with Gasteiger partial charge in [-0.15, -0.1) is 28.6 Å². The minimum absolute atomic E-state index is 0.407. The summed E-state index contributed by atoms with van der Waals surface area (Å²) in [7, 11) is 0. The zero-order valence-corrected chi connectivity index (χ0v) is 22.9. The van der Waals surface area contributed by atoms with Crippen LogP contribution in [0.1, 0.15) is 63.8 Å². The lowest BCUT2D eigenvalue weighted by atomic mass is 9.23. The normalized spacial score (nSPS) is 18.1. The highest BCUT2D eigenvalue weighted by Crippen LogP contribution is 2.49. The van der Waals surface area contributed by atoms with Gasteiger partial charge in [0, 0.05) is 5.56 Å². The molecule has 2 heterocycles. The number of alkyl halides is 6. The zero-order valence-electron chi connectivity index (χ0n) is 22.9. The number of halogens is 6. The predicted octanol–water partition coefficient (Wildman–Crippen LogP) is 8.36. The fraction of sp³-hybridized carbons (Fsp3) is 0.323. The van der Waals surface area contributed by atoms with Crippen molar-refractivity contribution < 1.29 is 30.8 Å². The molecule has 0 spiro atoms. The summed E-state index contributed by atoms with van der Waals surface area (Å²) in [6.45, 7) is 11.6. The molecule has 2 aromatic carbocycles. The number of hydrogen-bond acceptors (Lipinski definition) is 0. The molecule has 0 aliphatic carbocycles. The van der Waals surface area contributed by atoms with E-state index in [2.05, 4.69) is 0 Å². The first-order valence-electron chi connectivity index (χ1n) is 12.8. The maximum absolute atomic E-state index is 14.8. The van der Waals surface area contributed by atoms with Gasteiger partial charge in [-0.05, 0) is 40.2 Å². The van der Waals surface area contributed by atoms with E-state index in [1.165, 1.54) is 0 Å². The topological polar surface area (TPSA) is 3.88 Å². The van der Waals surface area contributed by atoms with E-state index < -0.39 is 46.1 Å². The molecule has 0 radical (unpaired) electrons. The molecule has 8 heteroatoms. The van der Waals surface area contributed by atoms with Crippen molar-refractivity contribution in [3.8, 4) is 0 Å². The molecular weight excluding hydrogens is 511 g/mol. The summed E-state index contributed by atoms with van der Waals surface area (Å²) in [5, 5.41) is 0. The molecule has 3 aromatic rings. The van der Waals surface area contributed by atoms with Crippen LogP contribution in [0.15, 0.2) is 85.2 Å². The molecule has 39 heavy (non-hydrogen) atoms. The molecule has 1 aliphatic rings. The van der Waals surface area contributed by atoms with Crippen LogP contribution in [0.5, 0.6) is 0 Å². The van der Waals surface area contributed by atoms with Gasteiger partial charge in [0.15, 0.2) is 0 Å². The van der Waals surface area contributed by atoms with Crippen LogP contribution >= 0.6 is 0 Å². The third-order valence-corrected chi connectivity index (χ3v) is 6.95. The third-order valence-electron chi connectivity index (χ3n) is 6.95. The van der Waals surface area contributed by atoms with Gasteiger partial charge in [0.05, 0.1) is 5.56 Å². The van der Waals surface area contributed by atoms with E-state index >= 15 is 0 Å². The molecule has 0 amide bonds. The van der Waals surface area contributed by atoms with Gasteiger partial charge in [-0.25, -0.2) is 0 Å². The molecule has 4 rings (SSSR count). The van der Waals surface area contributed by atoms with Crippen LogP contribution in [0.4, 0.5) is 26.3 Å². The van der Waals surface area contributed by atoms with Crippen molar-refractivity contribution in [1.82, 2.24) is 0 Å². The molecule has 0 atom stereocenters. The Kier molecular flexibility index (Phi) is 6.94. The highest BCUT2D eigenvalue weighted by atomic mass is 19.4. The van der Waals surface area contributed by atoms with Gasteiger partial charge in [-0.2, -0.15) is 26.3 Å². The van der Waals surface area contributed by atoms with Crippen LogP contribution in [0.2, 0.25) is 0 Å². The molecule has 1 aromatic heterocycles. The summed E-state index contributed by atoms with van der Waals surface area (Å²) in [5.74, 6) is 0. The minimum atomic E-state index is -4.89. The van der Waals surface area contributed by atoms with Crippen molar-refractivity contribution in [3.63, 3.8) is 0 Å². The number of hydrogen-bond donors (Lipinski definition) is 0. The van der Waals surface area contributed by atoms with Gasteiger partial charge in [0.25, 0.3) is 0 Å². The number of nitrogens with zero attached hydrogens (tertiary/aromatic N) is 1. The molecule has 0 N–H and O–H groups in total. The second kappa shape index (κ2) is 9.42. The Balaban J connectivity index is 2.36. The van der Waals surface area contributed by atoms with Crippen molar-refractivity contribution in [2.24, 2.45) is 10.8 Å². The Morgan fingerprint density at radius 3 is 1.51 bits per heavy atom. The average molecular weight is 543 g/mol. The largest absolute Gasteiger partial charge is 0.416 e. The number of aromatic nitrogens is 1. The molecule has 1 nitrogen and oxygen atoms in total. The second-order valence-electron chi connectivity index (χ2n) is 12.4. The van der Waals surface area contributed by atoms with Crippen molar-refractivity contribution >= 4 is 22.7 Å². The van der Waals surface area contributed by atoms with E-state index in [4.69, 9.17) is 0 Å². The maximum Gasteiger partial charge on any atom is 0.416 e. The maximum atomic E-state index is 14.8. The third kappa shape index (κ3) is 5.43. The van der Waals surface area contributed by atoms with Crippen LogP contribution < -0.4 is 9.94 Å². The van der Waals surface area contributed by atoms with E-state index in [9.17, 15) is 26.3 Å². The number of pyridine rings is 1. The Morgan fingerprint density at radius 2 is 1.10 bits per heavy atom. The zero-order chi connectivity index (χ0) is 29.0. The minimum Gasteiger partial charge on any atom is -0.415 e. The van der Waals surface area contributed by atoms with Crippen LogP contribution in [0.3, 0.4) is 0 Å². The fourth-order valence-electron chi connectivity index (χ4n) is 5.76. The van der Waals surface area contributed by atoms with Gasteiger partial charge in [0.1, 0.15) is 12.4 Å². The first kappa shape index (κ1) is 28.7. The number of benzene rings is 2. The highest BCUT2D eigenvalue weighted by Gasteiger charge is 2.55. The van der Waals surface area contributed by atoms with Crippen molar-refractivity contribution in [1.29, 1.82) is 0 Å². The summed E-state index contributed by atoms with van der Waals surface area (Å²) < 4.78 is 88.2. The molecule has 0 bridgehead atoms. The van der Waals surface area contributed by atoms with E-state index in [1.807, 2.05) is 78.0 Å². The molecule has 0 fully saturated rings. The Bertz CT molecular complexity index is 1380. The van der Waals surface area contributed by atoms with E-state index in [0.29, 0.717) is 40.3 Å². The summed E-state index contributed by atoms with van der Waals surface area (Å²) >= 11 is 0. The van der Waals surface area contributed by atoms with Gasteiger partial charge in [-0.1, -0.05) is 84.0 Å². The van der Waals surface area contributed by atoms with Crippen molar-refractivity contribution in [2.75, 3.05) is 0 Å². The molecule has 1 aliphatic heterocycles. The predicted molar refractivity (Wildman–Crippen MR) is 145 cm³/mol. The van der Waals surface area contributed by atoms with Crippen LogP contribution in [-0.4, -0.2) is 6.28 Å². The lowest BCUT2D eigenvalue weighted by Gasteiger charge is -2.39. The van der Waals surface area contributed by atoms with Crippen LogP contribution in [-0.2, 0) is 12.4 Å². The standard InChI is InChI=1S/C31H32BF6N/c1-28(2,3)19-26-22-12-8-9-13-23(22)27(20-29(4,5)6)32(26,39-16-10-7-11-17-39)25-18-21(30(33,34)35)14-15-24(25)31(36,37)38/h7-20H,1-6H3/b26-19+,27-20+. The van der Waals surface area contributed by atoms with Gasteiger partial charge >= 0.3 is 18.6 Å².